The first-order valence-corrected chi connectivity index (χ1v) is 11.3. The third-order valence-electron chi connectivity index (χ3n) is 5.08. The van der Waals surface area contributed by atoms with Gasteiger partial charge in [0.05, 0.1) is 30.6 Å². The monoisotopic (exact) mass is 480 g/mol. The highest BCUT2D eigenvalue weighted by Gasteiger charge is 2.25. The van der Waals surface area contributed by atoms with Crippen molar-refractivity contribution in [1.29, 1.82) is 0 Å². The summed E-state index contributed by atoms with van der Waals surface area (Å²) < 4.78 is 20.0. The van der Waals surface area contributed by atoms with Gasteiger partial charge in [-0.15, -0.1) is 0 Å². The number of ether oxygens (including phenoxy) is 1. The molecule has 0 bridgehead atoms. The first-order chi connectivity index (χ1) is 16.4. The molecule has 0 N–H and O–H groups in total. The lowest BCUT2D eigenvalue weighted by atomic mass is 10.2. The zero-order valence-corrected chi connectivity index (χ0v) is 19.3. The van der Waals surface area contributed by atoms with Crippen LogP contribution in [-0.2, 0) is 22.6 Å². The van der Waals surface area contributed by atoms with Gasteiger partial charge in [-0.2, -0.15) is 5.10 Å². The Morgan fingerprint density at radius 3 is 2.62 bits per heavy atom. The van der Waals surface area contributed by atoms with Crippen molar-refractivity contribution in [2.45, 2.75) is 26.9 Å². The maximum atomic E-state index is 13.5. The first-order valence-electron chi connectivity index (χ1n) is 10.5. The van der Waals surface area contributed by atoms with Crippen LogP contribution < -0.4 is 10.3 Å². The van der Waals surface area contributed by atoms with E-state index in [0.717, 1.165) is 11.3 Å². The Hall–Kier alpha value is -3.92. The largest absolute Gasteiger partial charge is 0.462 e. The van der Waals surface area contributed by atoms with Gasteiger partial charge in [0.2, 0.25) is 5.43 Å². The lowest BCUT2D eigenvalue weighted by Gasteiger charge is -2.21. The molecule has 34 heavy (non-hydrogen) atoms. The lowest BCUT2D eigenvalue weighted by molar-refractivity contribution is -0.119. The number of esters is 1. The average Bonchev–Trinajstić information content (AvgIpc) is 3.22. The standard InChI is InChI=1S/C24H21FN4O4S/c1-3-33-23(32)22-15(2)27-24(34-22)28(13-16-8-10-17(25)11-9-16)21(31)14-29-19-7-5-4-6-18(19)20(30)12-26-29/h4-12H,3,13-14H2,1-2H3. The number of hydrogen-bond donors (Lipinski definition) is 0. The molecule has 0 saturated carbocycles. The zero-order chi connectivity index (χ0) is 24.2. The summed E-state index contributed by atoms with van der Waals surface area (Å²) in [5, 5.41) is 4.89. The number of fused-ring (bicyclic) bond motifs is 1. The number of aryl methyl sites for hydroxylation is 1. The third-order valence-corrected chi connectivity index (χ3v) is 6.24. The fraction of sp³-hybridized carbons (Fsp3) is 0.208. The smallest absolute Gasteiger partial charge is 0.350 e. The molecule has 174 valence electrons. The van der Waals surface area contributed by atoms with Crippen LogP contribution in [0.4, 0.5) is 9.52 Å². The summed E-state index contributed by atoms with van der Waals surface area (Å²) in [7, 11) is 0. The molecule has 0 radical (unpaired) electrons. The van der Waals surface area contributed by atoms with Gasteiger partial charge in [-0.3, -0.25) is 19.2 Å². The van der Waals surface area contributed by atoms with Gasteiger partial charge in [0.1, 0.15) is 17.2 Å². The number of hydrogen-bond acceptors (Lipinski definition) is 7. The van der Waals surface area contributed by atoms with Gasteiger partial charge in [0.25, 0.3) is 5.91 Å². The van der Waals surface area contributed by atoms with Crippen molar-refractivity contribution in [2.24, 2.45) is 0 Å². The molecular weight excluding hydrogens is 459 g/mol. The van der Waals surface area contributed by atoms with Crippen molar-refractivity contribution in [2.75, 3.05) is 11.5 Å². The van der Waals surface area contributed by atoms with Crippen LogP contribution >= 0.6 is 11.3 Å². The normalized spacial score (nSPS) is 10.9. The van der Waals surface area contributed by atoms with Crippen LogP contribution in [0.25, 0.3) is 10.9 Å². The summed E-state index contributed by atoms with van der Waals surface area (Å²) >= 11 is 1.05. The number of benzene rings is 2. The molecule has 1 amide bonds. The summed E-state index contributed by atoms with van der Waals surface area (Å²) in [6, 6.07) is 12.7. The molecule has 0 aliphatic rings. The molecule has 0 aliphatic carbocycles. The van der Waals surface area contributed by atoms with E-state index < -0.39 is 5.97 Å². The van der Waals surface area contributed by atoms with Crippen LogP contribution in [0.5, 0.6) is 0 Å². The summed E-state index contributed by atoms with van der Waals surface area (Å²) in [4.78, 5) is 44.1. The van der Waals surface area contributed by atoms with Crippen LogP contribution in [-0.4, -0.2) is 33.2 Å². The van der Waals surface area contributed by atoms with Gasteiger partial charge in [-0.25, -0.2) is 14.2 Å². The van der Waals surface area contributed by atoms with Crippen molar-refractivity contribution in [3.05, 3.63) is 86.9 Å². The van der Waals surface area contributed by atoms with Crippen molar-refractivity contribution in [1.82, 2.24) is 14.8 Å². The number of carbonyl (C=O) groups is 2. The van der Waals surface area contributed by atoms with E-state index in [2.05, 4.69) is 10.1 Å². The second-order valence-electron chi connectivity index (χ2n) is 7.42. The molecule has 2 heterocycles. The quantitative estimate of drug-likeness (QED) is 0.374. The molecule has 0 unspecified atom stereocenters. The van der Waals surface area contributed by atoms with E-state index >= 15 is 0 Å². The molecule has 0 saturated heterocycles. The second-order valence-corrected chi connectivity index (χ2v) is 8.40. The molecule has 0 fully saturated rings. The van der Waals surface area contributed by atoms with Crippen LogP contribution in [0, 0.1) is 12.7 Å². The molecule has 0 spiro atoms. The number of aromatic nitrogens is 3. The molecule has 4 aromatic rings. The fourth-order valence-electron chi connectivity index (χ4n) is 3.42. The maximum absolute atomic E-state index is 13.5. The number of amides is 1. The minimum absolute atomic E-state index is 0.104. The Kier molecular flexibility index (Phi) is 6.78. The summed E-state index contributed by atoms with van der Waals surface area (Å²) in [5.41, 5.74) is 1.41. The van der Waals surface area contributed by atoms with Crippen molar-refractivity contribution in [3.63, 3.8) is 0 Å². The average molecular weight is 481 g/mol. The van der Waals surface area contributed by atoms with Crippen LogP contribution in [0.2, 0.25) is 0 Å². The van der Waals surface area contributed by atoms with Crippen LogP contribution in [0.3, 0.4) is 0 Å². The van der Waals surface area contributed by atoms with Gasteiger partial charge in [0.15, 0.2) is 5.13 Å². The van der Waals surface area contributed by atoms with Gasteiger partial charge in [-0.1, -0.05) is 35.6 Å². The summed E-state index contributed by atoms with van der Waals surface area (Å²) in [6.45, 7) is 3.53. The molecule has 4 rings (SSSR count). The number of para-hydroxylation sites is 1. The predicted molar refractivity (Wildman–Crippen MR) is 126 cm³/mol. The molecule has 0 aliphatic heterocycles. The van der Waals surface area contributed by atoms with Gasteiger partial charge in [-0.05, 0) is 43.7 Å². The van der Waals surface area contributed by atoms with Crippen molar-refractivity contribution in [3.8, 4) is 0 Å². The van der Waals surface area contributed by atoms with E-state index in [-0.39, 0.29) is 36.8 Å². The Morgan fingerprint density at radius 1 is 1.15 bits per heavy atom. The Bertz CT molecular complexity index is 1410. The maximum Gasteiger partial charge on any atom is 0.350 e. The highest BCUT2D eigenvalue weighted by Crippen LogP contribution is 2.28. The SMILES string of the molecule is CCOC(=O)c1sc(N(Cc2ccc(F)cc2)C(=O)Cn2ncc(=O)c3ccccc32)nc1C. The van der Waals surface area contributed by atoms with Gasteiger partial charge in [0, 0.05) is 5.39 Å². The summed E-state index contributed by atoms with van der Waals surface area (Å²) in [5.74, 6) is -1.26. The molecular formula is C24H21FN4O4S. The van der Waals surface area contributed by atoms with Gasteiger partial charge < -0.3 is 4.74 Å². The third kappa shape index (κ3) is 4.86. The number of halogens is 1. The molecule has 8 nitrogen and oxygen atoms in total. The van der Waals surface area contributed by atoms with Crippen molar-refractivity contribution >= 4 is 39.2 Å². The molecule has 10 heteroatoms. The number of nitrogens with zero attached hydrogens (tertiary/aromatic N) is 4. The number of rotatable bonds is 7. The Morgan fingerprint density at radius 2 is 1.88 bits per heavy atom. The van der Waals surface area contributed by atoms with E-state index in [1.54, 1.807) is 50.2 Å². The number of carbonyl (C=O) groups excluding carboxylic acids is 2. The zero-order valence-electron chi connectivity index (χ0n) is 18.5. The minimum atomic E-state index is -0.508. The summed E-state index contributed by atoms with van der Waals surface area (Å²) in [6.07, 6.45) is 1.17. The minimum Gasteiger partial charge on any atom is -0.462 e. The van der Waals surface area contributed by atoms with Crippen molar-refractivity contribution < 1.29 is 18.7 Å². The predicted octanol–water partition coefficient (Wildman–Crippen LogP) is 3.71. The van der Waals surface area contributed by atoms with E-state index in [9.17, 15) is 18.8 Å². The van der Waals surface area contributed by atoms with E-state index in [1.165, 1.54) is 27.9 Å². The Balaban J connectivity index is 1.71. The number of thiazole rings is 1. The molecule has 2 aromatic heterocycles. The van der Waals surface area contributed by atoms with E-state index in [1.807, 2.05) is 0 Å². The van der Waals surface area contributed by atoms with E-state index in [4.69, 9.17) is 4.74 Å². The Labute approximate surface area is 198 Å². The van der Waals surface area contributed by atoms with E-state index in [0.29, 0.717) is 32.2 Å². The highest BCUT2D eigenvalue weighted by atomic mass is 32.1. The van der Waals surface area contributed by atoms with Gasteiger partial charge >= 0.3 is 5.97 Å². The topological polar surface area (TPSA) is 94.4 Å². The fourth-order valence-corrected chi connectivity index (χ4v) is 4.40. The number of anilines is 1. The highest BCUT2D eigenvalue weighted by molar-refractivity contribution is 7.17. The van der Waals surface area contributed by atoms with Crippen LogP contribution in [0.15, 0.2) is 59.5 Å². The lowest BCUT2D eigenvalue weighted by Crippen LogP contribution is -2.34. The first kappa shape index (κ1) is 23.2. The van der Waals surface area contributed by atoms with Crippen LogP contribution in [0.1, 0.15) is 27.9 Å². The second kappa shape index (κ2) is 9.92. The molecule has 2 aromatic carbocycles. The molecule has 0 atom stereocenters.